The van der Waals surface area contributed by atoms with Crippen molar-refractivity contribution in [1.29, 1.82) is 0 Å². The number of carbonyl (C=O) groups excluding carboxylic acids is 1. The summed E-state index contributed by atoms with van der Waals surface area (Å²) in [6, 6.07) is 0. The van der Waals surface area contributed by atoms with Gasteiger partial charge < -0.3 is 0 Å². The molecule has 14 heavy (non-hydrogen) atoms. The van der Waals surface area contributed by atoms with Crippen LogP contribution in [0, 0.1) is 0 Å². The minimum absolute atomic E-state index is 0.210. The molecule has 0 amide bonds. The SMILES string of the molecule is CCC(=O)CCCCS(=O)(=O)C(C)C. The van der Waals surface area contributed by atoms with Crippen molar-refractivity contribution < 1.29 is 13.2 Å². The van der Waals surface area contributed by atoms with E-state index in [1.54, 1.807) is 13.8 Å². The number of hydrogen-bond donors (Lipinski definition) is 0. The van der Waals surface area contributed by atoms with Gasteiger partial charge in [-0.2, -0.15) is 0 Å². The van der Waals surface area contributed by atoms with E-state index in [1.807, 2.05) is 6.92 Å². The van der Waals surface area contributed by atoms with E-state index < -0.39 is 9.84 Å². The van der Waals surface area contributed by atoms with Crippen molar-refractivity contribution >= 4 is 15.6 Å². The summed E-state index contributed by atoms with van der Waals surface area (Å²) in [6.45, 7) is 5.20. The fourth-order valence-corrected chi connectivity index (χ4v) is 2.12. The maximum Gasteiger partial charge on any atom is 0.152 e. The first-order valence-corrected chi connectivity index (χ1v) is 6.85. The van der Waals surface area contributed by atoms with Crippen LogP contribution in [0.1, 0.15) is 46.5 Å². The van der Waals surface area contributed by atoms with E-state index in [9.17, 15) is 13.2 Å². The molecule has 0 aromatic heterocycles. The first-order chi connectivity index (χ1) is 6.40. The van der Waals surface area contributed by atoms with E-state index in [4.69, 9.17) is 0 Å². The Balaban J connectivity index is 3.71. The van der Waals surface area contributed by atoms with Gasteiger partial charge in [-0.1, -0.05) is 6.92 Å². The van der Waals surface area contributed by atoms with Gasteiger partial charge in [0.1, 0.15) is 5.78 Å². The third-order valence-electron chi connectivity index (χ3n) is 2.25. The lowest BCUT2D eigenvalue weighted by Crippen LogP contribution is -2.17. The van der Waals surface area contributed by atoms with Crippen LogP contribution in [0.25, 0.3) is 0 Å². The fourth-order valence-electron chi connectivity index (χ4n) is 1.04. The van der Waals surface area contributed by atoms with Crippen LogP contribution < -0.4 is 0 Å². The van der Waals surface area contributed by atoms with Crippen LogP contribution in [0.5, 0.6) is 0 Å². The highest BCUT2D eigenvalue weighted by molar-refractivity contribution is 7.91. The molecule has 0 N–H and O–H groups in total. The van der Waals surface area contributed by atoms with Crippen molar-refractivity contribution in [3.8, 4) is 0 Å². The standard InChI is InChI=1S/C10H20O3S/c1-4-10(11)7-5-6-8-14(12,13)9(2)3/h9H,4-8H2,1-3H3. The lowest BCUT2D eigenvalue weighted by Gasteiger charge is -2.06. The summed E-state index contributed by atoms with van der Waals surface area (Å²) in [5.74, 6) is 0.425. The molecule has 0 saturated heterocycles. The van der Waals surface area contributed by atoms with Crippen molar-refractivity contribution in [2.75, 3.05) is 5.75 Å². The van der Waals surface area contributed by atoms with Crippen molar-refractivity contribution in [3.05, 3.63) is 0 Å². The van der Waals surface area contributed by atoms with Gasteiger partial charge in [0.15, 0.2) is 9.84 Å². The first-order valence-electron chi connectivity index (χ1n) is 5.13. The smallest absolute Gasteiger partial charge is 0.152 e. The zero-order chi connectivity index (χ0) is 11.2. The highest BCUT2D eigenvalue weighted by atomic mass is 32.2. The van der Waals surface area contributed by atoms with E-state index in [0.717, 1.165) is 0 Å². The Morgan fingerprint density at radius 1 is 1.21 bits per heavy atom. The van der Waals surface area contributed by atoms with E-state index in [-0.39, 0.29) is 16.8 Å². The van der Waals surface area contributed by atoms with Gasteiger partial charge in [0.25, 0.3) is 0 Å². The minimum Gasteiger partial charge on any atom is -0.300 e. The molecule has 0 aliphatic carbocycles. The molecule has 0 aromatic rings. The number of hydrogen-bond acceptors (Lipinski definition) is 3. The van der Waals surface area contributed by atoms with Crippen LogP contribution in [-0.2, 0) is 14.6 Å². The molecule has 0 aliphatic rings. The summed E-state index contributed by atoms with van der Waals surface area (Å²) >= 11 is 0. The second-order valence-electron chi connectivity index (χ2n) is 3.77. The van der Waals surface area contributed by atoms with Crippen molar-refractivity contribution in [2.45, 2.75) is 51.7 Å². The zero-order valence-electron chi connectivity index (χ0n) is 9.25. The molecule has 0 aliphatic heterocycles. The van der Waals surface area contributed by atoms with Crippen LogP contribution in [0.15, 0.2) is 0 Å². The molecule has 0 aromatic carbocycles. The molecule has 84 valence electrons. The number of carbonyl (C=O) groups is 1. The highest BCUT2D eigenvalue weighted by Gasteiger charge is 2.15. The van der Waals surface area contributed by atoms with Crippen LogP contribution in [0.4, 0.5) is 0 Å². The summed E-state index contributed by atoms with van der Waals surface area (Å²) in [6.07, 6.45) is 2.37. The molecule has 0 rings (SSSR count). The van der Waals surface area contributed by atoms with Gasteiger partial charge >= 0.3 is 0 Å². The van der Waals surface area contributed by atoms with Crippen LogP contribution in [0.3, 0.4) is 0 Å². The van der Waals surface area contributed by atoms with Crippen LogP contribution in [0.2, 0.25) is 0 Å². The number of unbranched alkanes of at least 4 members (excludes halogenated alkanes) is 1. The highest BCUT2D eigenvalue weighted by Crippen LogP contribution is 2.06. The Morgan fingerprint density at radius 2 is 1.79 bits per heavy atom. The molecule has 0 atom stereocenters. The van der Waals surface area contributed by atoms with E-state index >= 15 is 0 Å². The summed E-state index contributed by atoms with van der Waals surface area (Å²) in [7, 11) is -2.91. The monoisotopic (exact) mass is 220 g/mol. The quantitative estimate of drug-likeness (QED) is 0.616. The molecule has 0 radical (unpaired) electrons. The second kappa shape index (κ2) is 6.17. The predicted octanol–water partition coefficient (Wildman–Crippen LogP) is 1.96. The number of ketones is 1. The average Bonchev–Trinajstić information content (AvgIpc) is 2.11. The van der Waals surface area contributed by atoms with Gasteiger partial charge in [-0.25, -0.2) is 8.42 Å². The topological polar surface area (TPSA) is 51.2 Å². The molecule has 0 heterocycles. The maximum absolute atomic E-state index is 11.4. The molecule has 0 spiro atoms. The second-order valence-corrected chi connectivity index (χ2v) is 6.44. The van der Waals surface area contributed by atoms with E-state index in [1.165, 1.54) is 0 Å². The lowest BCUT2D eigenvalue weighted by atomic mass is 10.1. The van der Waals surface area contributed by atoms with Crippen molar-refractivity contribution in [2.24, 2.45) is 0 Å². The molecule has 4 heteroatoms. The molecule has 0 unspecified atom stereocenters. The molecular weight excluding hydrogens is 200 g/mol. The van der Waals surface area contributed by atoms with Crippen molar-refractivity contribution in [1.82, 2.24) is 0 Å². The first kappa shape index (κ1) is 13.6. The molecule has 0 saturated carbocycles. The fraction of sp³-hybridized carbons (Fsp3) is 0.900. The Labute approximate surface area is 86.8 Å². The summed E-state index contributed by atoms with van der Waals surface area (Å²) in [5.41, 5.74) is 0. The Hall–Kier alpha value is -0.380. The molecule has 0 fully saturated rings. The van der Waals surface area contributed by atoms with Crippen molar-refractivity contribution in [3.63, 3.8) is 0 Å². The van der Waals surface area contributed by atoms with E-state index in [2.05, 4.69) is 0 Å². The summed E-state index contributed by atoms with van der Waals surface area (Å²) in [4.78, 5) is 10.9. The normalized spacial score (nSPS) is 12.0. The van der Waals surface area contributed by atoms with E-state index in [0.29, 0.717) is 25.7 Å². The van der Waals surface area contributed by atoms with Crippen LogP contribution in [-0.4, -0.2) is 25.2 Å². The maximum atomic E-state index is 11.4. The number of rotatable bonds is 7. The van der Waals surface area contributed by atoms with Gasteiger partial charge in [0, 0.05) is 12.8 Å². The van der Waals surface area contributed by atoms with Crippen LogP contribution >= 0.6 is 0 Å². The van der Waals surface area contributed by atoms with Gasteiger partial charge in [-0.3, -0.25) is 4.79 Å². The predicted molar refractivity (Wildman–Crippen MR) is 58.1 cm³/mol. The molecular formula is C10H20O3S. The zero-order valence-corrected chi connectivity index (χ0v) is 10.1. The lowest BCUT2D eigenvalue weighted by molar-refractivity contribution is -0.118. The summed E-state index contributed by atoms with van der Waals surface area (Å²) < 4.78 is 22.7. The Kier molecular flexibility index (Phi) is 6.00. The molecule has 0 bridgehead atoms. The largest absolute Gasteiger partial charge is 0.300 e. The Bertz CT molecular complexity index is 265. The third-order valence-corrected chi connectivity index (χ3v) is 4.54. The van der Waals surface area contributed by atoms with Gasteiger partial charge in [-0.15, -0.1) is 0 Å². The Morgan fingerprint density at radius 3 is 2.21 bits per heavy atom. The van der Waals surface area contributed by atoms with Gasteiger partial charge in [0.05, 0.1) is 11.0 Å². The third kappa shape index (κ3) is 5.37. The van der Waals surface area contributed by atoms with Gasteiger partial charge in [0.2, 0.25) is 0 Å². The molecule has 3 nitrogen and oxygen atoms in total. The minimum atomic E-state index is -2.91. The average molecular weight is 220 g/mol. The van der Waals surface area contributed by atoms with Gasteiger partial charge in [-0.05, 0) is 26.7 Å². The number of sulfone groups is 1. The summed E-state index contributed by atoms with van der Waals surface area (Å²) in [5, 5.41) is -0.302. The number of Topliss-reactive ketones (excluding diaryl/α,β-unsaturated/α-hetero) is 1.